The second-order valence-corrected chi connectivity index (χ2v) is 9.54. The fourth-order valence-electron chi connectivity index (χ4n) is 2.60. The molecule has 1 heterocycles. The van der Waals surface area contributed by atoms with Crippen molar-refractivity contribution in [2.45, 2.75) is 25.3 Å². The molecule has 0 fully saturated rings. The quantitative estimate of drug-likeness (QED) is 0.491. The predicted molar refractivity (Wildman–Crippen MR) is 115 cm³/mol. The van der Waals surface area contributed by atoms with Gasteiger partial charge in [0.05, 0.1) is 11.4 Å². The van der Waals surface area contributed by atoms with E-state index in [-0.39, 0.29) is 15.7 Å². The van der Waals surface area contributed by atoms with Crippen LogP contribution in [0.15, 0.2) is 41.4 Å². The summed E-state index contributed by atoms with van der Waals surface area (Å²) in [6.45, 7) is 3.71. The van der Waals surface area contributed by atoms with Gasteiger partial charge in [0.2, 0.25) is 0 Å². The van der Waals surface area contributed by atoms with Crippen molar-refractivity contribution < 1.29 is 8.42 Å². The summed E-state index contributed by atoms with van der Waals surface area (Å²) in [5.41, 5.74) is 1.94. The second kappa shape index (κ2) is 8.13. The van der Waals surface area contributed by atoms with E-state index in [4.69, 9.17) is 46.4 Å². The molecular weight excluding hydrogens is 464 g/mol. The van der Waals surface area contributed by atoms with Crippen LogP contribution in [-0.2, 0) is 16.6 Å². The summed E-state index contributed by atoms with van der Waals surface area (Å²) in [6.07, 6.45) is 1.52. The molecule has 3 rings (SSSR count). The number of sulfonamides is 1. The monoisotopic (exact) mass is 477 g/mol. The summed E-state index contributed by atoms with van der Waals surface area (Å²) in [4.78, 5) is 0.112. The van der Waals surface area contributed by atoms with E-state index in [1.165, 1.54) is 16.9 Å². The van der Waals surface area contributed by atoms with E-state index in [1.807, 2.05) is 0 Å². The Morgan fingerprint density at radius 2 is 1.68 bits per heavy atom. The maximum absolute atomic E-state index is 12.8. The summed E-state index contributed by atoms with van der Waals surface area (Å²) in [5.74, 6) is 0.0266. The fourth-order valence-corrected chi connectivity index (χ4v) is 4.87. The molecule has 0 aliphatic heterocycles. The van der Waals surface area contributed by atoms with Crippen LogP contribution in [0.25, 0.3) is 0 Å². The number of hydrogen-bond donors (Lipinski definition) is 1. The lowest BCUT2D eigenvalue weighted by Gasteiger charge is -2.11. The SMILES string of the molecule is Cc1cc(S(=O)(=O)Nc2nn(Cc3ccc(Cl)cc3Cl)cc2Cl)c(C)cc1Cl. The zero-order valence-electron chi connectivity index (χ0n) is 14.8. The Bertz CT molecular complexity index is 1160. The van der Waals surface area contributed by atoms with Gasteiger partial charge in [0.25, 0.3) is 10.0 Å². The largest absolute Gasteiger partial charge is 0.265 e. The third-order valence-electron chi connectivity index (χ3n) is 4.04. The highest BCUT2D eigenvalue weighted by Crippen LogP contribution is 2.28. The minimum Gasteiger partial charge on any atom is -0.265 e. The first-order valence-electron chi connectivity index (χ1n) is 8.03. The number of rotatable bonds is 5. The van der Waals surface area contributed by atoms with Crippen molar-refractivity contribution in [1.29, 1.82) is 0 Å². The molecule has 0 atom stereocenters. The van der Waals surface area contributed by atoms with E-state index in [1.54, 1.807) is 38.1 Å². The van der Waals surface area contributed by atoms with Crippen LogP contribution in [0.1, 0.15) is 16.7 Å². The van der Waals surface area contributed by atoms with Gasteiger partial charge in [-0.25, -0.2) is 8.42 Å². The zero-order chi connectivity index (χ0) is 20.6. The van der Waals surface area contributed by atoms with Gasteiger partial charge in [0.1, 0.15) is 5.02 Å². The minimum absolute atomic E-state index is 0.0266. The fraction of sp³-hybridized carbons (Fsp3) is 0.167. The summed E-state index contributed by atoms with van der Waals surface area (Å²) < 4.78 is 29.5. The number of anilines is 1. The number of nitrogens with one attached hydrogen (secondary N) is 1. The zero-order valence-corrected chi connectivity index (χ0v) is 18.6. The van der Waals surface area contributed by atoms with Crippen molar-refractivity contribution in [3.05, 3.63) is 73.3 Å². The lowest BCUT2D eigenvalue weighted by Crippen LogP contribution is -2.15. The Balaban J connectivity index is 1.88. The molecule has 2 aromatic carbocycles. The maximum atomic E-state index is 12.8. The molecule has 0 saturated carbocycles. The molecular formula is C18H15Cl4N3O2S. The van der Waals surface area contributed by atoms with E-state index in [0.717, 1.165) is 5.56 Å². The van der Waals surface area contributed by atoms with Gasteiger partial charge in [-0.3, -0.25) is 9.40 Å². The molecule has 3 aromatic rings. The minimum atomic E-state index is -3.89. The summed E-state index contributed by atoms with van der Waals surface area (Å²) in [7, 11) is -3.89. The number of hydrogen-bond acceptors (Lipinski definition) is 3. The lowest BCUT2D eigenvalue weighted by atomic mass is 10.2. The van der Waals surface area contributed by atoms with Gasteiger partial charge in [-0.15, -0.1) is 0 Å². The van der Waals surface area contributed by atoms with E-state index in [0.29, 0.717) is 32.7 Å². The van der Waals surface area contributed by atoms with Gasteiger partial charge in [-0.2, -0.15) is 5.10 Å². The first-order valence-corrected chi connectivity index (χ1v) is 11.0. The van der Waals surface area contributed by atoms with E-state index >= 15 is 0 Å². The standard InChI is InChI=1S/C18H15Cl4N3O2S/c1-10-6-17(11(2)5-14(10)20)28(26,27)24-18-16(22)9-25(23-18)8-12-3-4-13(19)7-15(12)21/h3-7,9H,8H2,1-2H3,(H,23,24). The Hall–Kier alpha value is -1.44. The molecule has 0 aliphatic carbocycles. The molecule has 0 aliphatic rings. The van der Waals surface area contributed by atoms with E-state index < -0.39 is 10.0 Å². The number of benzene rings is 2. The molecule has 1 aromatic heterocycles. The maximum Gasteiger partial charge on any atom is 0.263 e. The molecule has 0 radical (unpaired) electrons. The van der Waals surface area contributed by atoms with Crippen LogP contribution in [0.3, 0.4) is 0 Å². The van der Waals surface area contributed by atoms with Gasteiger partial charge >= 0.3 is 0 Å². The van der Waals surface area contributed by atoms with Gasteiger partial charge in [0.15, 0.2) is 5.82 Å². The number of nitrogens with zero attached hydrogens (tertiary/aromatic N) is 2. The van der Waals surface area contributed by atoms with Gasteiger partial charge < -0.3 is 0 Å². The van der Waals surface area contributed by atoms with Crippen LogP contribution in [0.4, 0.5) is 5.82 Å². The highest BCUT2D eigenvalue weighted by molar-refractivity contribution is 7.92. The third kappa shape index (κ3) is 4.58. The normalized spacial score (nSPS) is 11.6. The molecule has 0 amide bonds. The summed E-state index contributed by atoms with van der Waals surface area (Å²) in [5, 5.41) is 5.89. The Morgan fingerprint density at radius 1 is 0.964 bits per heavy atom. The Kier molecular flexibility index (Phi) is 6.17. The molecule has 1 N–H and O–H groups in total. The molecule has 0 spiro atoms. The van der Waals surface area contributed by atoms with E-state index in [9.17, 15) is 8.42 Å². The van der Waals surface area contributed by atoms with Crippen LogP contribution in [0.2, 0.25) is 20.1 Å². The van der Waals surface area contributed by atoms with Crippen molar-refractivity contribution >= 4 is 62.2 Å². The Labute approximate surface area is 183 Å². The summed E-state index contributed by atoms with van der Waals surface area (Å²) >= 11 is 24.3. The van der Waals surface area contributed by atoms with Crippen molar-refractivity contribution in [2.75, 3.05) is 4.72 Å². The van der Waals surface area contributed by atoms with Crippen molar-refractivity contribution in [2.24, 2.45) is 0 Å². The van der Waals surface area contributed by atoms with Crippen molar-refractivity contribution in [1.82, 2.24) is 9.78 Å². The first-order chi connectivity index (χ1) is 13.1. The average molecular weight is 479 g/mol. The highest BCUT2D eigenvalue weighted by atomic mass is 35.5. The summed E-state index contributed by atoms with van der Waals surface area (Å²) in [6, 6.07) is 8.22. The van der Waals surface area contributed by atoms with Crippen LogP contribution < -0.4 is 4.72 Å². The predicted octanol–water partition coefficient (Wildman–Crippen LogP) is 5.96. The van der Waals surface area contributed by atoms with Gasteiger partial charge in [-0.05, 0) is 54.8 Å². The molecule has 0 bridgehead atoms. The van der Waals surface area contributed by atoms with Crippen molar-refractivity contribution in [3.8, 4) is 0 Å². The first kappa shape index (κ1) is 21.3. The molecule has 28 heavy (non-hydrogen) atoms. The van der Waals surface area contributed by atoms with Crippen LogP contribution in [0, 0.1) is 13.8 Å². The van der Waals surface area contributed by atoms with Gasteiger partial charge in [0, 0.05) is 21.3 Å². The van der Waals surface area contributed by atoms with E-state index in [2.05, 4.69) is 9.82 Å². The number of halogens is 4. The van der Waals surface area contributed by atoms with Crippen molar-refractivity contribution in [3.63, 3.8) is 0 Å². The number of aromatic nitrogens is 2. The van der Waals surface area contributed by atoms with Crippen LogP contribution >= 0.6 is 46.4 Å². The van der Waals surface area contributed by atoms with Crippen LogP contribution in [-0.4, -0.2) is 18.2 Å². The topological polar surface area (TPSA) is 64.0 Å². The van der Waals surface area contributed by atoms with Crippen LogP contribution in [0.5, 0.6) is 0 Å². The number of aryl methyl sites for hydroxylation is 2. The second-order valence-electron chi connectivity index (χ2n) is 6.23. The Morgan fingerprint density at radius 3 is 2.36 bits per heavy atom. The molecule has 0 unspecified atom stereocenters. The third-order valence-corrected chi connectivity index (χ3v) is 6.79. The molecule has 0 saturated heterocycles. The molecule has 10 heteroatoms. The average Bonchev–Trinajstić information content (AvgIpc) is 2.92. The highest BCUT2D eigenvalue weighted by Gasteiger charge is 2.21. The van der Waals surface area contributed by atoms with Gasteiger partial charge in [-0.1, -0.05) is 52.5 Å². The molecule has 5 nitrogen and oxygen atoms in total. The molecule has 148 valence electrons. The lowest BCUT2D eigenvalue weighted by molar-refractivity contribution is 0.600. The smallest absolute Gasteiger partial charge is 0.263 e.